The Hall–Kier alpha value is -3.58. The van der Waals surface area contributed by atoms with Gasteiger partial charge in [-0.05, 0) is 30.3 Å². The van der Waals surface area contributed by atoms with Gasteiger partial charge in [0.2, 0.25) is 0 Å². The molecule has 0 saturated heterocycles. The van der Waals surface area contributed by atoms with Gasteiger partial charge in [0, 0.05) is 28.4 Å². The fourth-order valence-corrected chi connectivity index (χ4v) is 4.13. The number of phenols is 1. The van der Waals surface area contributed by atoms with Gasteiger partial charge in [-0.15, -0.1) is 11.3 Å². The van der Waals surface area contributed by atoms with Gasteiger partial charge in [-0.25, -0.2) is 4.98 Å². The number of aromatic hydroxyl groups is 1. The first kappa shape index (κ1) is 16.6. The summed E-state index contributed by atoms with van der Waals surface area (Å²) in [6, 6.07) is 12.8. The maximum atomic E-state index is 12.6. The number of ether oxygens (including phenoxy) is 1. The second-order valence-corrected chi connectivity index (χ2v) is 7.22. The summed E-state index contributed by atoms with van der Waals surface area (Å²) in [5.74, 6) is 0.294. The zero-order chi connectivity index (χ0) is 19.3. The Morgan fingerprint density at radius 3 is 2.93 bits per heavy atom. The Bertz CT molecular complexity index is 1270. The van der Waals surface area contributed by atoms with E-state index in [4.69, 9.17) is 9.72 Å². The van der Waals surface area contributed by atoms with Crippen LogP contribution in [0.2, 0.25) is 0 Å². The van der Waals surface area contributed by atoms with Crippen LogP contribution in [0, 0.1) is 0 Å². The summed E-state index contributed by atoms with van der Waals surface area (Å²) in [4.78, 5) is 18.1. The fraction of sp³-hybridized carbons (Fsp3) is 0.0476. The molecule has 1 amide bonds. The third-order valence-corrected chi connectivity index (χ3v) is 5.50. The molecule has 2 aromatic heterocycles. The predicted octanol–water partition coefficient (Wildman–Crippen LogP) is 4.27. The van der Waals surface area contributed by atoms with Crippen molar-refractivity contribution in [2.45, 2.75) is 0 Å². The van der Waals surface area contributed by atoms with E-state index in [0.29, 0.717) is 17.0 Å². The van der Waals surface area contributed by atoms with Crippen LogP contribution in [0.4, 0.5) is 5.69 Å². The summed E-state index contributed by atoms with van der Waals surface area (Å²) in [5, 5.41) is 15.0. The summed E-state index contributed by atoms with van der Waals surface area (Å²) in [7, 11) is 1.51. The number of benzene rings is 2. The number of nitrogens with zero attached hydrogens (tertiary/aromatic N) is 2. The highest BCUT2D eigenvalue weighted by Gasteiger charge is 2.25. The number of nitrogens with one attached hydrogen (secondary N) is 1. The lowest BCUT2D eigenvalue weighted by molar-refractivity contribution is -0.110. The highest BCUT2D eigenvalue weighted by molar-refractivity contribution is 7.15. The molecule has 0 aliphatic carbocycles. The van der Waals surface area contributed by atoms with Crippen LogP contribution < -0.4 is 10.1 Å². The van der Waals surface area contributed by atoms with Gasteiger partial charge in [-0.2, -0.15) is 0 Å². The first-order chi connectivity index (χ1) is 13.7. The number of amides is 1. The van der Waals surface area contributed by atoms with Crippen LogP contribution >= 0.6 is 11.3 Å². The number of imidazole rings is 1. The summed E-state index contributed by atoms with van der Waals surface area (Å²) < 4.78 is 7.08. The number of anilines is 1. The van der Waals surface area contributed by atoms with E-state index < -0.39 is 0 Å². The molecule has 0 fully saturated rings. The molecule has 0 spiro atoms. The van der Waals surface area contributed by atoms with Gasteiger partial charge in [0.05, 0.1) is 24.1 Å². The second-order valence-electron chi connectivity index (χ2n) is 6.35. The minimum Gasteiger partial charge on any atom is -0.504 e. The summed E-state index contributed by atoms with van der Waals surface area (Å²) in [6.45, 7) is 0. The number of methoxy groups -OCH3 is 1. The van der Waals surface area contributed by atoms with E-state index >= 15 is 0 Å². The minimum absolute atomic E-state index is 0.0407. The molecule has 0 atom stereocenters. The number of rotatable bonds is 3. The van der Waals surface area contributed by atoms with Gasteiger partial charge < -0.3 is 15.2 Å². The average molecular weight is 389 g/mol. The van der Waals surface area contributed by atoms with Crippen LogP contribution in [0.15, 0.2) is 54.0 Å². The van der Waals surface area contributed by atoms with Gasteiger partial charge in [0.1, 0.15) is 0 Å². The highest BCUT2D eigenvalue weighted by Crippen LogP contribution is 2.37. The summed E-state index contributed by atoms with van der Waals surface area (Å²) >= 11 is 1.51. The number of phenolic OH excluding ortho intramolecular Hbond substituents is 1. The Balaban J connectivity index is 1.72. The molecule has 3 heterocycles. The number of hydrogen-bond donors (Lipinski definition) is 2. The van der Waals surface area contributed by atoms with E-state index in [0.717, 1.165) is 27.5 Å². The van der Waals surface area contributed by atoms with Crippen LogP contribution in [0.25, 0.3) is 27.9 Å². The maximum absolute atomic E-state index is 12.6. The zero-order valence-electron chi connectivity index (χ0n) is 14.8. The van der Waals surface area contributed by atoms with Crippen molar-refractivity contribution in [1.82, 2.24) is 9.38 Å². The Kier molecular flexibility index (Phi) is 3.70. The van der Waals surface area contributed by atoms with E-state index in [-0.39, 0.29) is 11.7 Å². The Labute approximate surface area is 164 Å². The third kappa shape index (κ3) is 2.48. The lowest BCUT2D eigenvalue weighted by Gasteiger charge is -2.06. The Morgan fingerprint density at radius 1 is 1.25 bits per heavy atom. The SMILES string of the molecule is COc1ccc(-c2nc3sccn3c2/C=C2\C(=O)Nc3ccccc32)cc1O. The van der Waals surface area contributed by atoms with Crippen molar-refractivity contribution in [3.63, 3.8) is 0 Å². The molecule has 0 saturated carbocycles. The number of hydrogen-bond acceptors (Lipinski definition) is 5. The van der Waals surface area contributed by atoms with Crippen molar-refractivity contribution in [1.29, 1.82) is 0 Å². The summed E-state index contributed by atoms with van der Waals surface area (Å²) in [5.41, 5.74) is 4.46. The van der Waals surface area contributed by atoms with Crippen molar-refractivity contribution in [3.05, 3.63) is 65.3 Å². The molecular formula is C21H15N3O3S. The molecule has 2 aromatic carbocycles. The molecule has 28 heavy (non-hydrogen) atoms. The van der Waals surface area contributed by atoms with Crippen molar-refractivity contribution >= 4 is 39.5 Å². The van der Waals surface area contributed by atoms with Gasteiger partial charge in [-0.3, -0.25) is 9.20 Å². The number of aromatic nitrogens is 2. The molecule has 7 heteroatoms. The van der Waals surface area contributed by atoms with Crippen molar-refractivity contribution in [2.75, 3.05) is 12.4 Å². The van der Waals surface area contributed by atoms with Crippen LogP contribution in [0.3, 0.4) is 0 Å². The second kappa shape index (κ2) is 6.24. The molecule has 0 radical (unpaired) electrons. The van der Waals surface area contributed by atoms with E-state index in [9.17, 15) is 9.90 Å². The Morgan fingerprint density at radius 2 is 2.11 bits per heavy atom. The summed E-state index contributed by atoms with van der Waals surface area (Å²) in [6.07, 6.45) is 3.77. The van der Waals surface area contributed by atoms with E-state index in [1.165, 1.54) is 18.4 Å². The molecule has 4 aromatic rings. The van der Waals surface area contributed by atoms with E-state index in [1.54, 1.807) is 12.1 Å². The first-order valence-electron chi connectivity index (χ1n) is 8.61. The van der Waals surface area contributed by atoms with Gasteiger partial charge in [0.15, 0.2) is 16.5 Å². The molecule has 6 nitrogen and oxygen atoms in total. The lowest BCUT2D eigenvalue weighted by atomic mass is 10.0. The number of carbonyl (C=O) groups excluding carboxylic acids is 1. The molecule has 1 aliphatic heterocycles. The molecule has 0 unspecified atom stereocenters. The molecule has 2 N–H and O–H groups in total. The van der Waals surface area contributed by atoms with Crippen LogP contribution in [-0.2, 0) is 4.79 Å². The molecular weight excluding hydrogens is 374 g/mol. The normalized spacial score (nSPS) is 14.5. The average Bonchev–Trinajstić information content (AvgIpc) is 3.36. The lowest BCUT2D eigenvalue weighted by Crippen LogP contribution is -2.03. The van der Waals surface area contributed by atoms with Gasteiger partial charge in [-0.1, -0.05) is 18.2 Å². The van der Waals surface area contributed by atoms with Crippen LogP contribution in [-0.4, -0.2) is 27.5 Å². The topological polar surface area (TPSA) is 75.9 Å². The predicted molar refractivity (Wildman–Crippen MR) is 110 cm³/mol. The largest absolute Gasteiger partial charge is 0.504 e. The number of para-hydroxylation sites is 1. The fourth-order valence-electron chi connectivity index (χ4n) is 3.41. The van der Waals surface area contributed by atoms with E-state index in [2.05, 4.69) is 5.32 Å². The van der Waals surface area contributed by atoms with Crippen LogP contribution in [0.5, 0.6) is 11.5 Å². The molecule has 5 rings (SSSR count). The van der Waals surface area contributed by atoms with Gasteiger partial charge >= 0.3 is 0 Å². The molecule has 138 valence electrons. The number of fused-ring (bicyclic) bond motifs is 2. The van der Waals surface area contributed by atoms with Gasteiger partial charge in [0.25, 0.3) is 5.91 Å². The highest BCUT2D eigenvalue weighted by atomic mass is 32.1. The first-order valence-corrected chi connectivity index (χ1v) is 9.49. The monoisotopic (exact) mass is 389 g/mol. The van der Waals surface area contributed by atoms with Crippen molar-refractivity contribution < 1.29 is 14.6 Å². The maximum Gasteiger partial charge on any atom is 0.256 e. The third-order valence-electron chi connectivity index (χ3n) is 4.74. The van der Waals surface area contributed by atoms with E-state index in [1.807, 2.05) is 52.4 Å². The smallest absolute Gasteiger partial charge is 0.256 e. The van der Waals surface area contributed by atoms with Crippen LogP contribution in [0.1, 0.15) is 11.3 Å². The molecule has 1 aliphatic rings. The van der Waals surface area contributed by atoms with Crippen molar-refractivity contribution in [3.8, 4) is 22.8 Å². The standard InChI is InChI=1S/C21H15N3O3S/c1-27-18-7-6-12(10-17(18)25)19-16(24-8-9-28-21(24)23-19)11-14-13-4-2-3-5-15(13)22-20(14)26/h2-11,25H,1H3,(H,22,26)/b14-11-. The van der Waals surface area contributed by atoms with Crippen molar-refractivity contribution in [2.24, 2.45) is 0 Å². The minimum atomic E-state index is -0.144. The number of carbonyl (C=O) groups is 1. The zero-order valence-corrected chi connectivity index (χ0v) is 15.7. The quantitative estimate of drug-likeness (QED) is 0.513. The number of thiazole rings is 1. The molecule has 0 bridgehead atoms.